The Labute approximate surface area is 258 Å². The molecule has 1 aromatic heterocycles. The van der Waals surface area contributed by atoms with Crippen molar-refractivity contribution in [3.63, 3.8) is 0 Å². The van der Waals surface area contributed by atoms with Gasteiger partial charge in [-0.2, -0.15) is 0 Å². The zero-order valence-electron chi connectivity index (χ0n) is 25.0. The zero-order chi connectivity index (χ0) is 29.4. The van der Waals surface area contributed by atoms with Crippen LogP contribution in [0.1, 0.15) is 42.0 Å². The number of aromatic nitrogens is 1. The van der Waals surface area contributed by atoms with Crippen molar-refractivity contribution in [2.45, 2.75) is 25.2 Å². The molecule has 1 aliphatic heterocycles. The molecule has 3 aliphatic rings. The van der Waals surface area contributed by atoms with Crippen LogP contribution in [0.5, 0.6) is 0 Å². The van der Waals surface area contributed by atoms with Crippen LogP contribution in [0.15, 0.2) is 152 Å². The smallest absolute Gasteiger partial charge is 0.114 e. The van der Waals surface area contributed by atoms with E-state index in [4.69, 9.17) is 0 Å². The number of hydrogen-bond donors (Lipinski definition) is 0. The van der Waals surface area contributed by atoms with Gasteiger partial charge in [0.1, 0.15) is 11.0 Å². The molecule has 5 aromatic carbocycles. The predicted molar refractivity (Wildman–Crippen MR) is 183 cm³/mol. The number of para-hydroxylation sites is 1. The van der Waals surface area contributed by atoms with Crippen LogP contribution in [0, 0.1) is 5.92 Å². The molecule has 0 radical (unpaired) electrons. The van der Waals surface area contributed by atoms with E-state index in [1.165, 1.54) is 66.6 Å². The Kier molecular flexibility index (Phi) is 5.40. The van der Waals surface area contributed by atoms with Gasteiger partial charge in [-0.1, -0.05) is 122 Å². The lowest BCUT2D eigenvalue weighted by Gasteiger charge is -2.29. The fraction of sp³-hybridized carbons (Fsp3) is 0.119. The maximum absolute atomic E-state index is 2.50. The lowest BCUT2D eigenvalue weighted by molar-refractivity contribution is -0.495. The van der Waals surface area contributed by atoms with Gasteiger partial charge in [0.05, 0.1) is 6.08 Å². The fourth-order valence-electron chi connectivity index (χ4n) is 7.87. The fourth-order valence-corrected chi connectivity index (χ4v) is 7.87. The summed E-state index contributed by atoms with van der Waals surface area (Å²) in [6.07, 6.45) is 11.6. The van der Waals surface area contributed by atoms with E-state index in [2.05, 4.69) is 175 Å². The molecule has 2 heteroatoms. The molecule has 9 rings (SSSR count). The maximum atomic E-state index is 2.50. The van der Waals surface area contributed by atoms with Gasteiger partial charge >= 0.3 is 0 Å². The van der Waals surface area contributed by atoms with E-state index in [1.54, 1.807) is 0 Å². The van der Waals surface area contributed by atoms with E-state index in [1.807, 2.05) is 0 Å². The van der Waals surface area contributed by atoms with Gasteiger partial charge in [-0.15, -0.1) is 4.68 Å². The lowest BCUT2D eigenvalue weighted by atomic mass is 9.74. The third-order valence-corrected chi connectivity index (χ3v) is 10.1. The van der Waals surface area contributed by atoms with Crippen LogP contribution in [-0.4, -0.2) is 15.1 Å². The second-order valence-electron chi connectivity index (χ2n) is 12.9. The average Bonchev–Trinajstić information content (AvgIpc) is 3.49. The third-order valence-electron chi connectivity index (χ3n) is 10.1. The molecule has 0 fully saturated rings. The van der Waals surface area contributed by atoms with E-state index >= 15 is 0 Å². The second-order valence-corrected chi connectivity index (χ2v) is 12.9. The molecule has 0 spiro atoms. The molecule has 2 nitrogen and oxygen atoms in total. The van der Waals surface area contributed by atoms with Crippen molar-refractivity contribution >= 4 is 33.2 Å². The molecular weight excluding hydrogens is 532 g/mol. The second kappa shape index (κ2) is 9.39. The van der Waals surface area contributed by atoms with Crippen molar-refractivity contribution in [3.05, 3.63) is 174 Å². The first-order valence-corrected chi connectivity index (χ1v) is 15.6. The number of fused-ring (bicyclic) bond motifs is 6. The molecular formula is C42H33N2+. The predicted octanol–water partition coefficient (Wildman–Crippen LogP) is 9.90. The van der Waals surface area contributed by atoms with Crippen molar-refractivity contribution in [1.82, 2.24) is 4.68 Å². The van der Waals surface area contributed by atoms with Crippen LogP contribution in [0.2, 0.25) is 0 Å². The zero-order valence-corrected chi connectivity index (χ0v) is 25.0. The van der Waals surface area contributed by atoms with Gasteiger partial charge in [-0.25, -0.2) is 0 Å². The number of nitrogens with zero attached hydrogens (tertiary/aromatic N) is 2. The lowest BCUT2D eigenvalue weighted by Crippen LogP contribution is -2.32. The monoisotopic (exact) mass is 565 g/mol. The summed E-state index contributed by atoms with van der Waals surface area (Å²) in [5.41, 5.74) is 12.7. The van der Waals surface area contributed by atoms with E-state index in [-0.39, 0.29) is 5.41 Å². The summed E-state index contributed by atoms with van der Waals surface area (Å²) >= 11 is 0. The largest absolute Gasteiger partial charge is 0.250 e. The molecule has 0 N–H and O–H groups in total. The maximum Gasteiger partial charge on any atom is 0.250 e. The van der Waals surface area contributed by atoms with Crippen LogP contribution >= 0.6 is 0 Å². The van der Waals surface area contributed by atoms with E-state index < -0.39 is 0 Å². The molecule has 44 heavy (non-hydrogen) atoms. The highest BCUT2D eigenvalue weighted by Gasteiger charge is 2.45. The topological polar surface area (TPSA) is 7.94 Å². The molecule has 2 unspecified atom stereocenters. The summed E-state index contributed by atoms with van der Waals surface area (Å²) < 4.78 is 4.92. The Balaban J connectivity index is 1.33. The number of allylic oxidation sites excluding steroid dienone is 5. The third kappa shape index (κ3) is 3.58. The van der Waals surface area contributed by atoms with E-state index in [0.29, 0.717) is 11.8 Å². The molecule has 2 heterocycles. The summed E-state index contributed by atoms with van der Waals surface area (Å²) in [5, 5.41) is 2.61. The minimum Gasteiger partial charge on any atom is -0.114 e. The minimum atomic E-state index is 0.0691. The van der Waals surface area contributed by atoms with Gasteiger partial charge in [-0.3, -0.25) is 0 Å². The molecule has 2 atom stereocenters. The number of benzene rings is 5. The molecule has 210 valence electrons. The molecule has 0 saturated carbocycles. The first-order valence-electron chi connectivity index (χ1n) is 15.6. The standard InChI is InChI=1S/C42H33N2/c1-42(2)36-22-11-9-20-32(36)34-26-41-35(25-37(34)42)33-21-10-12-23-38(33)43(41)44-39(29-16-7-4-8-17-29)27-40(44)31-19-13-18-30(24-31)28-14-5-3-6-15-28/h3-27,32,36H,1-2H3/q+1. The quantitative estimate of drug-likeness (QED) is 0.188. The van der Waals surface area contributed by atoms with Crippen molar-refractivity contribution < 1.29 is 4.68 Å². The van der Waals surface area contributed by atoms with Gasteiger partial charge in [0.15, 0.2) is 0 Å². The SMILES string of the molecule is CC1(C)c2cc3c4ccccc4n([N+]4=C(c5cccc(-c6ccccc6)c5)C=C4c4ccccc4)c3cc2C2C=CC=CC21. The van der Waals surface area contributed by atoms with Gasteiger partial charge in [0.25, 0.3) is 11.4 Å². The van der Waals surface area contributed by atoms with E-state index in [9.17, 15) is 0 Å². The van der Waals surface area contributed by atoms with Crippen LogP contribution < -0.4 is 0 Å². The Morgan fingerprint density at radius 2 is 1.27 bits per heavy atom. The first-order chi connectivity index (χ1) is 21.6. The van der Waals surface area contributed by atoms with Crippen molar-refractivity contribution in [1.29, 1.82) is 0 Å². The van der Waals surface area contributed by atoms with Crippen LogP contribution in [0.25, 0.3) is 38.6 Å². The highest BCUT2D eigenvalue weighted by molar-refractivity contribution is 6.15. The van der Waals surface area contributed by atoms with Gasteiger partial charge in [-0.05, 0) is 76.1 Å². The van der Waals surface area contributed by atoms with Gasteiger partial charge in [0, 0.05) is 27.8 Å². The summed E-state index contributed by atoms with van der Waals surface area (Å²) in [4.78, 5) is 0. The summed E-state index contributed by atoms with van der Waals surface area (Å²) in [7, 11) is 0. The van der Waals surface area contributed by atoms with Crippen molar-refractivity contribution in [3.8, 4) is 11.1 Å². The molecule has 0 amide bonds. The van der Waals surface area contributed by atoms with Gasteiger partial charge in [0.2, 0.25) is 0 Å². The van der Waals surface area contributed by atoms with E-state index in [0.717, 1.165) is 0 Å². The Bertz CT molecular complexity index is 2240. The van der Waals surface area contributed by atoms with Crippen LogP contribution in [0.3, 0.4) is 0 Å². The Morgan fingerprint density at radius 1 is 0.591 bits per heavy atom. The summed E-state index contributed by atoms with van der Waals surface area (Å²) in [5.74, 6) is 0.868. The van der Waals surface area contributed by atoms with Crippen molar-refractivity contribution in [2.75, 3.05) is 0 Å². The van der Waals surface area contributed by atoms with Crippen molar-refractivity contribution in [2.24, 2.45) is 5.92 Å². The summed E-state index contributed by atoms with van der Waals surface area (Å²) in [6, 6.07) is 44.3. The number of rotatable bonds is 4. The molecule has 2 aliphatic carbocycles. The molecule has 0 bridgehead atoms. The van der Waals surface area contributed by atoms with Gasteiger partial charge < -0.3 is 0 Å². The molecule has 0 saturated heterocycles. The normalized spacial score (nSPS) is 19.6. The minimum absolute atomic E-state index is 0.0691. The average molecular weight is 566 g/mol. The highest BCUT2D eigenvalue weighted by Crippen LogP contribution is 2.54. The van der Waals surface area contributed by atoms with Crippen LogP contribution in [0.4, 0.5) is 0 Å². The Morgan fingerprint density at radius 3 is 2.09 bits per heavy atom. The Hall–Kier alpha value is -5.21. The highest BCUT2D eigenvalue weighted by atomic mass is 15.5. The van der Waals surface area contributed by atoms with Crippen LogP contribution in [-0.2, 0) is 5.41 Å². The first kappa shape index (κ1) is 25.3. The molecule has 6 aromatic rings. The summed E-state index contributed by atoms with van der Waals surface area (Å²) in [6.45, 7) is 4.84. The number of hydrogen-bond acceptors (Lipinski definition) is 0.